The van der Waals surface area contributed by atoms with E-state index in [1.54, 1.807) is 19.1 Å². The van der Waals surface area contributed by atoms with Gasteiger partial charge in [-0.2, -0.15) is 0 Å². The molecule has 1 rings (SSSR count). The molecule has 3 N–H and O–H groups in total. The standard InChI is InChI=1S/C15H24FN3O2/c1-11(20)6-7-17-15(21)18-9-12-4-5-14(16)13(8-12)10-19(2)3/h4-5,8,11,20H,6-7,9-10H2,1-3H3,(H2,17,18,21). The molecule has 1 aromatic carbocycles. The average molecular weight is 297 g/mol. The Morgan fingerprint density at radius 3 is 2.71 bits per heavy atom. The van der Waals surface area contributed by atoms with Crippen LogP contribution in [0.5, 0.6) is 0 Å². The largest absolute Gasteiger partial charge is 0.393 e. The number of hydrogen-bond acceptors (Lipinski definition) is 3. The molecule has 2 amide bonds. The molecule has 0 saturated heterocycles. The van der Waals surface area contributed by atoms with Crippen LogP contribution in [0.2, 0.25) is 0 Å². The lowest BCUT2D eigenvalue weighted by atomic mass is 10.1. The zero-order valence-electron chi connectivity index (χ0n) is 12.8. The second-order valence-electron chi connectivity index (χ2n) is 5.41. The fourth-order valence-corrected chi connectivity index (χ4v) is 1.84. The van der Waals surface area contributed by atoms with E-state index in [1.807, 2.05) is 19.0 Å². The van der Waals surface area contributed by atoms with Crippen LogP contribution in [0.25, 0.3) is 0 Å². The van der Waals surface area contributed by atoms with Crippen molar-refractivity contribution in [2.45, 2.75) is 32.5 Å². The number of carbonyl (C=O) groups is 1. The van der Waals surface area contributed by atoms with E-state index in [1.165, 1.54) is 6.07 Å². The van der Waals surface area contributed by atoms with E-state index >= 15 is 0 Å². The van der Waals surface area contributed by atoms with Gasteiger partial charge >= 0.3 is 6.03 Å². The van der Waals surface area contributed by atoms with Crippen LogP contribution in [0.3, 0.4) is 0 Å². The number of aliphatic hydroxyl groups excluding tert-OH is 1. The second-order valence-corrected chi connectivity index (χ2v) is 5.41. The number of halogens is 1. The van der Waals surface area contributed by atoms with Gasteiger partial charge in [-0.1, -0.05) is 6.07 Å². The minimum absolute atomic E-state index is 0.242. The Hall–Kier alpha value is -1.66. The number of nitrogens with one attached hydrogen (secondary N) is 2. The molecule has 1 aromatic rings. The Labute approximate surface area is 125 Å². The minimum atomic E-state index is -0.434. The normalized spacial score (nSPS) is 12.3. The lowest BCUT2D eigenvalue weighted by Gasteiger charge is -2.13. The van der Waals surface area contributed by atoms with Crippen molar-refractivity contribution < 1.29 is 14.3 Å². The van der Waals surface area contributed by atoms with Crippen LogP contribution >= 0.6 is 0 Å². The molecule has 0 fully saturated rings. The highest BCUT2D eigenvalue weighted by Gasteiger charge is 2.06. The predicted molar refractivity (Wildman–Crippen MR) is 80.3 cm³/mol. The third-order valence-corrected chi connectivity index (χ3v) is 2.90. The van der Waals surface area contributed by atoms with Gasteiger partial charge < -0.3 is 20.6 Å². The molecule has 0 aliphatic heterocycles. The molecular weight excluding hydrogens is 273 g/mol. The number of aliphatic hydroxyl groups is 1. The van der Waals surface area contributed by atoms with E-state index in [9.17, 15) is 9.18 Å². The molecule has 0 aliphatic carbocycles. The van der Waals surface area contributed by atoms with Crippen LogP contribution < -0.4 is 10.6 Å². The molecule has 1 unspecified atom stereocenters. The summed E-state index contributed by atoms with van der Waals surface area (Å²) in [6, 6.07) is 4.53. The summed E-state index contributed by atoms with van der Waals surface area (Å²) in [5.41, 5.74) is 1.45. The first kappa shape index (κ1) is 17.4. The summed E-state index contributed by atoms with van der Waals surface area (Å²) in [5, 5.41) is 14.4. The van der Waals surface area contributed by atoms with Crippen LogP contribution in [-0.4, -0.2) is 42.8 Å². The van der Waals surface area contributed by atoms with Gasteiger partial charge in [0, 0.05) is 25.2 Å². The molecule has 21 heavy (non-hydrogen) atoms. The zero-order chi connectivity index (χ0) is 15.8. The first-order valence-electron chi connectivity index (χ1n) is 7.00. The molecule has 118 valence electrons. The number of hydrogen-bond donors (Lipinski definition) is 3. The van der Waals surface area contributed by atoms with E-state index in [0.717, 1.165) is 5.56 Å². The monoisotopic (exact) mass is 297 g/mol. The zero-order valence-corrected chi connectivity index (χ0v) is 12.8. The predicted octanol–water partition coefficient (Wildman–Crippen LogP) is 1.46. The third-order valence-electron chi connectivity index (χ3n) is 2.90. The van der Waals surface area contributed by atoms with Gasteiger partial charge in [0.15, 0.2) is 0 Å². The fourth-order valence-electron chi connectivity index (χ4n) is 1.84. The Kier molecular flexibility index (Phi) is 7.11. The lowest BCUT2D eigenvalue weighted by molar-refractivity contribution is 0.183. The Balaban J connectivity index is 2.46. The Bertz CT molecular complexity index is 464. The summed E-state index contributed by atoms with van der Waals surface area (Å²) in [4.78, 5) is 13.4. The Morgan fingerprint density at radius 1 is 1.38 bits per heavy atom. The van der Waals surface area contributed by atoms with Gasteiger partial charge in [0.1, 0.15) is 5.82 Å². The minimum Gasteiger partial charge on any atom is -0.393 e. The van der Waals surface area contributed by atoms with Gasteiger partial charge in [-0.05, 0) is 45.1 Å². The van der Waals surface area contributed by atoms with Crippen LogP contribution in [-0.2, 0) is 13.1 Å². The maximum Gasteiger partial charge on any atom is 0.315 e. The van der Waals surface area contributed by atoms with Crippen LogP contribution in [0.1, 0.15) is 24.5 Å². The maximum atomic E-state index is 13.6. The summed E-state index contributed by atoms with van der Waals surface area (Å²) in [7, 11) is 3.75. The summed E-state index contributed by atoms with van der Waals surface area (Å²) >= 11 is 0. The highest BCUT2D eigenvalue weighted by atomic mass is 19.1. The van der Waals surface area contributed by atoms with E-state index < -0.39 is 6.10 Å². The number of rotatable bonds is 7. The van der Waals surface area contributed by atoms with Gasteiger partial charge in [-0.15, -0.1) is 0 Å². The van der Waals surface area contributed by atoms with Crippen molar-refractivity contribution in [1.82, 2.24) is 15.5 Å². The van der Waals surface area contributed by atoms with Gasteiger partial charge in [-0.3, -0.25) is 0 Å². The molecule has 1 atom stereocenters. The summed E-state index contributed by atoms with van der Waals surface area (Å²) in [6.07, 6.45) is 0.0766. The fraction of sp³-hybridized carbons (Fsp3) is 0.533. The molecule has 0 aliphatic rings. The lowest BCUT2D eigenvalue weighted by Crippen LogP contribution is -2.36. The topological polar surface area (TPSA) is 64.6 Å². The third kappa shape index (κ3) is 7.06. The molecule has 0 aromatic heterocycles. The molecule has 0 radical (unpaired) electrons. The number of urea groups is 1. The summed E-state index contributed by atoms with van der Waals surface area (Å²) in [5.74, 6) is -0.242. The summed E-state index contributed by atoms with van der Waals surface area (Å²) in [6.45, 7) is 2.94. The molecule has 0 spiro atoms. The van der Waals surface area contributed by atoms with Crippen molar-refractivity contribution >= 4 is 6.03 Å². The van der Waals surface area contributed by atoms with Gasteiger partial charge in [0.2, 0.25) is 0 Å². The Morgan fingerprint density at radius 2 is 2.10 bits per heavy atom. The van der Waals surface area contributed by atoms with Crippen molar-refractivity contribution in [2.75, 3.05) is 20.6 Å². The van der Waals surface area contributed by atoms with Gasteiger partial charge in [0.25, 0.3) is 0 Å². The maximum absolute atomic E-state index is 13.6. The number of amides is 2. The van der Waals surface area contributed by atoms with Crippen molar-refractivity contribution in [3.8, 4) is 0 Å². The van der Waals surface area contributed by atoms with E-state index in [-0.39, 0.29) is 11.8 Å². The van der Waals surface area contributed by atoms with E-state index in [0.29, 0.717) is 31.6 Å². The van der Waals surface area contributed by atoms with Gasteiger partial charge in [-0.25, -0.2) is 9.18 Å². The van der Waals surface area contributed by atoms with Crippen molar-refractivity contribution in [3.63, 3.8) is 0 Å². The molecule has 6 heteroatoms. The van der Waals surface area contributed by atoms with E-state index in [2.05, 4.69) is 10.6 Å². The highest BCUT2D eigenvalue weighted by Crippen LogP contribution is 2.12. The van der Waals surface area contributed by atoms with Gasteiger partial charge in [0.05, 0.1) is 6.10 Å². The first-order chi connectivity index (χ1) is 9.88. The van der Waals surface area contributed by atoms with Crippen molar-refractivity contribution in [3.05, 3.63) is 35.1 Å². The quantitative estimate of drug-likeness (QED) is 0.714. The second kappa shape index (κ2) is 8.59. The molecule has 5 nitrogen and oxygen atoms in total. The van der Waals surface area contributed by atoms with E-state index in [4.69, 9.17) is 5.11 Å². The number of nitrogens with zero attached hydrogens (tertiary/aromatic N) is 1. The highest BCUT2D eigenvalue weighted by molar-refractivity contribution is 5.73. The molecule has 0 bridgehead atoms. The van der Waals surface area contributed by atoms with Crippen LogP contribution in [0.4, 0.5) is 9.18 Å². The van der Waals surface area contributed by atoms with Crippen molar-refractivity contribution in [1.29, 1.82) is 0 Å². The smallest absolute Gasteiger partial charge is 0.315 e. The van der Waals surface area contributed by atoms with Crippen LogP contribution in [0, 0.1) is 5.82 Å². The average Bonchev–Trinajstić information content (AvgIpc) is 2.38. The van der Waals surface area contributed by atoms with Crippen LogP contribution in [0.15, 0.2) is 18.2 Å². The molecular formula is C15H24FN3O2. The molecule has 0 heterocycles. The number of carbonyl (C=O) groups excluding carboxylic acids is 1. The molecule has 0 saturated carbocycles. The number of benzene rings is 1. The van der Waals surface area contributed by atoms with Crippen molar-refractivity contribution in [2.24, 2.45) is 0 Å². The first-order valence-corrected chi connectivity index (χ1v) is 7.00. The summed E-state index contributed by atoms with van der Waals surface area (Å²) < 4.78 is 13.6. The SMILES string of the molecule is CC(O)CCNC(=O)NCc1ccc(F)c(CN(C)C)c1.